The number of quaternary nitrogens is 1. The Morgan fingerprint density at radius 3 is 2.76 bits per heavy atom. The van der Waals surface area contributed by atoms with Crippen LogP contribution in [0.1, 0.15) is 30.2 Å². The van der Waals surface area contributed by atoms with Gasteiger partial charge in [-0.2, -0.15) is 0 Å². The van der Waals surface area contributed by atoms with Crippen molar-refractivity contribution < 1.29 is 9.73 Å². The molecule has 1 aromatic carbocycles. The molecule has 7 heteroatoms. The quantitative estimate of drug-likeness (QED) is 0.865. The molecule has 1 saturated heterocycles. The Bertz CT molecular complexity index is 614. The number of hydrogen-bond acceptors (Lipinski definition) is 4. The molecule has 0 saturated carbocycles. The van der Waals surface area contributed by atoms with Gasteiger partial charge >= 0.3 is 0 Å². The van der Waals surface area contributed by atoms with Crippen LogP contribution in [-0.4, -0.2) is 23.3 Å². The van der Waals surface area contributed by atoms with Gasteiger partial charge in [0.2, 0.25) is 5.89 Å². The van der Waals surface area contributed by atoms with Crippen molar-refractivity contribution in [3.05, 3.63) is 39.7 Å². The van der Waals surface area contributed by atoms with E-state index in [1.165, 1.54) is 11.8 Å². The standard InChI is InChI=1S/C14H15Cl2N3OS/c15-11-2-1-9(7-12(11)16)8-21-14-19-18-13(20-14)10-3-5-17-6-4-10/h1-2,7,10,17H,3-6,8H2/p+1. The van der Waals surface area contributed by atoms with Gasteiger partial charge in [-0.15, -0.1) is 10.2 Å². The number of benzene rings is 1. The summed E-state index contributed by atoms with van der Waals surface area (Å²) in [5, 5.41) is 12.4. The van der Waals surface area contributed by atoms with Gasteiger partial charge in [0.1, 0.15) is 0 Å². The average molecular weight is 345 g/mol. The van der Waals surface area contributed by atoms with E-state index in [0.29, 0.717) is 21.2 Å². The van der Waals surface area contributed by atoms with Gasteiger partial charge in [-0.25, -0.2) is 0 Å². The number of piperidine rings is 1. The molecule has 112 valence electrons. The molecule has 1 aliphatic heterocycles. The second-order valence-electron chi connectivity index (χ2n) is 5.08. The number of nitrogens with zero attached hydrogens (tertiary/aromatic N) is 2. The minimum absolute atomic E-state index is 0.418. The van der Waals surface area contributed by atoms with Crippen molar-refractivity contribution >= 4 is 35.0 Å². The predicted octanol–water partition coefficient (Wildman–Crippen LogP) is 3.11. The molecule has 4 nitrogen and oxygen atoms in total. The Kier molecular flexibility index (Phi) is 5.06. The highest BCUT2D eigenvalue weighted by atomic mass is 35.5. The van der Waals surface area contributed by atoms with Gasteiger partial charge in [-0.3, -0.25) is 0 Å². The first-order valence-electron chi connectivity index (χ1n) is 6.94. The van der Waals surface area contributed by atoms with Crippen LogP contribution < -0.4 is 5.32 Å². The van der Waals surface area contributed by atoms with Crippen molar-refractivity contribution in [2.45, 2.75) is 29.7 Å². The maximum atomic E-state index is 6.01. The zero-order valence-corrected chi connectivity index (χ0v) is 13.7. The number of thioether (sulfide) groups is 1. The fourth-order valence-corrected chi connectivity index (χ4v) is 3.43. The van der Waals surface area contributed by atoms with Crippen LogP contribution in [0.3, 0.4) is 0 Å². The van der Waals surface area contributed by atoms with E-state index < -0.39 is 0 Å². The zero-order valence-electron chi connectivity index (χ0n) is 11.4. The number of nitrogens with two attached hydrogens (primary N) is 1. The highest BCUT2D eigenvalue weighted by molar-refractivity contribution is 7.98. The maximum absolute atomic E-state index is 6.01. The maximum Gasteiger partial charge on any atom is 0.276 e. The lowest BCUT2D eigenvalue weighted by Gasteiger charge is -2.16. The minimum atomic E-state index is 0.418. The van der Waals surface area contributed by atoms with Crippen LogP contribution in [0.4, 0.5) is 0 Å². The predicted molar refractivity (Wildman–Crippen MR) is 84.0 cm³/mol. The summed E-state index contributed by atoms with van der Waals surface area (Å²) in [5.74, 6) is 1.93. The summed E-state index contributed by atoms with van der Waals surface area (Å²) >= 11 is 13.4. The van der Waals surface area contributed by atoms with E-state index in [1.807, 2.05) is 12.1 Å². The van der Waals surface area contributed by atoms with Gasteiger partial charge in [0.05, 0.1) is 23.1 Å². The topological polar surface area (TPSA) is 55.5 Å². The molecule has 0 amide bonds. The Morgan fingerprint density at radius 2 is 2.00 bits per heavy atom. The summed E-state index contributed by atoms with van der Waals surface area (Å²) in [6.07, 6.45) is 2.22. The van der Waals surface area contributed by atoms with E-state index in [1.54, 1.807) is 6.07 Å². The molecule has 0 aliphatic carbocycles. The second kappa shape index (κ2) is 7.01. The largest absolute Gasteiger partial charge is 0.416 e. The van der Waals surface area contributed by atoms with E-state index in [4.69, 9.17) is 27.6 Å². The third-order valence-electron chi connectivity index (χ3n) is 3.56. The lowest BCUT2D eigenvalue weighted by Crippen LogP contribution is -2.86. The van der Waals surface area contributed by atoms with Crippen molar-refractivity contribution in [2.24, 2.45) is 0 Å². The van der Waals surface area contributed by atoms with Crippen LogP contribution >= 0.6 is 35.0 Å². The molecule has 0 spiro atoms. The molecular weight excluding hydrogens is 329 g/mol. The first kappa shape index (κ1) is 15.2. The van der Waals surface area contributed by atoms with Gasteiger partial charge < -0.3 is 9.73 Å². The highest BCUT2D eigenvalue weighted by Gasteiger charge is 2.23. The smallest absolute Gasteiger partial charge is 0.276 e. The van der Waals surface area contributed by atoms with Gasteiger partial charge in [-0.05, 0) is 17.7 Å². The Balaban J connectivity index is 1.60. The average Bonchev–Trinajstić information content (AvgIpc) is 2.98. The third kappa shape index (κ3) is 3.92. The van der Waals surface area contributed by atoms with Crippen LogP contribution in [-0.2, 0) is 5.75 Å². The van der Waals surface area contributed by atoms with Crippen LogP contribution in [0.15, 0.2) is 27.8 Å². The lowest BCUT2D eigenvalue weighted by atomic mass is 9.98. The molecule has 1 aromatic heterocycles. The fourth-order valence-electron chi connectivity index (χ4n) is 2.39. The van der Waals surface area contributed by atoms with Gasteiger partial charge in [0.25, 0.3) is 5.22 Å². The highest BCUT2D eigenvalue weighted by Crippen LogP contribution is 2.29. The number of halogens is 2. The normalized spacial score (nSPS) is 16.3. The summed E-state index contributed by atoms with van der Waals surface area (Å²) in [5.41, 5.74) is 1.08. The molecule has 0 radical (unpaired) electrons. The number of aromatic nitrogens is 2. The van der Waals surface area contributed by atoms with E-state index >= 15 is 0 Å². The van der Waals surface area contributed by atoms with E-state index in [-0.39, 0.29) is 0 Å². The minimum Gasteiger partial charge on any atom is -0.416 e. The van der Waals surface area contributed by atoms with E-state index in [2.05, 4.69) is 15.5 Å². The van der Waals surface area contributed by atoms with Gasteiger partial charge in [0.15, 0.2) is 0 Å². The van der Waals surface area contributed by atoms with E-state index in [0.717, 1.165) is 43.1 Å². The molecular formula is C14H16Cl2N3OS+. The monoisotopic (exact) mass is 344 g/mol. The molecule has 2 aromatic rings. The zero-order chi connectivity index (χ0) is 14.7. The molecule has 1 fully saturated rings. The first-order valence-corrected chi connectivity index (χ1v) is 8.68. The molecule has 21 heavy (non-hydrogen) atoms. The third-order valence-corrected chi connectivity index (χ3v) is 5.18. The van der Waals surface area contributed by atoms with Gasteiger partial charge in [0, 0.05) is 24.5 Å². The summed E-state index contributed by atoms with van der Waals surface area (Å²) in [6.45, 7) is 2.28. The molecule has 3 rings (SSSR count). The van der Waals surface area contributed by atoms with Crippen LogP contribution in [0, 0.1) is 0 Å². The van der Waals surface area contributed by atoms with Crippen LogP contribution in [0.5, 0.6) is 0 Å². The molecule has 0 bridgehead atoms. The van der Waals surface area contributed by atoms with Crippen molar-refractivity contribution in [3.63, 3.8) is 0 Å². The van der Waals surface area contributed by atoms with Crippen molar-refractivity contribution in [1.29, 1.82) is 0 Å². The first-order chi connectivity index (χ1) is 10.2. The Morgan fingerprint density at radius 1 is 1.19 bits per heavy atom. The Hall–Kier alpha value is -0.750. The second-order valence-corrected chi connectivity index (χ2v) is 6.82. The van der Waals surface area contributed by atoms with Crippen molar-refractivity contribution in [1.82, 2.24) is 10.2 Å². The molecule has 0 unspecified atom stereocenters. The molecule has 2 heterocycles. The van der Waals surface area contributed by atoms with Crippen LogP contribution in [0.2, 0.25) is 10.0 Å². The number of hydrogen-bond donors (Lipinski definition) is 1. The summed E-state index contributed by atoms with van der Waals surface area (Å²) in [7, 11) is 0. The lowest BCUT2D eigenvalue weighted by molar-refractivity contribution is -0.663. The van der Waals surface area contributed by atoms with E-state index in [9.17, 15) is 0 Å². The molecule has 0 atom stereocenters. The molecule has 2 N–H and O–H groups in total. The van der Waals surface area contributed by atoms with Crippen molar-refractivity contribution in [3.8, 4) is 0 Å². The fraction of sp³-hybridized carbons (Fsp3) is 0.429. The summed E-state index contributed by atoms with van der Waals surface area (Å²) in [6, 6.07) is 5.62. The SMILES string of the molecule is Clc1ccc(CSc2nnc(C3CC[NH2+]CC3)o2)cc1Cl. The molecule has 1 aliphatic rings. The summed E-state index contributed by atoms with van der Waals surface area (Å²) in [4.78, 5) is 0. The number of rotatable bonds is 4. The van der Waals surface area contributed by atoms with Gasteiger partial charge in [-0.1, -0.05) is 41.0 Å². The Labute approximate surface area is 137 Å². The van der Waals surface area contributed by atoms with Crippen LogP contribution in [0.25, 0.3) is 0 Å². The summed E-state index contributed by atoms with van der Waals surface area (Å²) < 4.78 is 5.77. The van der Waals surface area contributed by atoms with Crippen molar-refractivity contribution in [2.75, 3.05) is 13.1 Å².